The molecule has 0 fully saturated rings. The number of benzene rings is 3. The summed E-state index contributed by atoms with van der Waals surface area (Å²) < 4.78 is 5.86. The Morgan fingerprint density at radius 3 is 2.29 bits per heavy atom. The number of anilines is 1. The molecule has 5 nitrogen and oxygen atoms in total. The molecule has 2 aliphatic carbocycles. The highest BCUT2D eigenvalue weighted by Gasteiger charge is 2.49. The van der Waals surface area contributed by atoms with Crippen molar-refractivity contribution >= 4 is 41.0 Å². The predicted octanol–water partition coefficient (Wildman–Crippen LogP) is 6.88. The number of rotatable bonds is 3. The first-order valence-corrected chi connectivity index (χ1v) is 12.2. The summed E-state index contributed by atoms with van der Waals surface area (Å²) in [7, 11) is 0. The molecule has 1 N–H and O–H groups in total. The molecule has 0 aromatic heterocycles. The highest BCUT2D eigenvalue weighted by molar-refractivity contribution is 6.37. The number of carboxylic acids is 1. The molecule has 3 atom stereocenters. The van der Waals surface area contributed by atoms with Crippen LogP contribution >= 0.6 is 23.2 Å². The number of hydrogen-bond donors (Lipinski definition) is 1. The maximum Gasteiger partial charge on any atom is 0.415 e. The number of ether oxygens (including phenoxy) is 1. The van der Waals surface area contributed by atoms with Crippen molar-refractivity contribution in [1.82, 2.24) is 0 Å². The molecule has 1 amide bonds. The third kappa shape index (κ3) is 3.45. The van der Waals surface area contributed by atoms with Crippen molar-refractivity contribution in [2.24, 2.45) is 5.92 Å². The number of fused-ring (bicyclic) bond motifs is 6. The van der Waals surface area contributed by atoms with Crippen molar-refractivity contribution in [3.05, 3.63) is 99.6 Å². The third-order valence-electron chi connectivity index (χ3n) is 7.34. The molecule has 3 aliphatic rings. The molecule has 6 rings (SSSR count). The van der Waals surface area contributed by atoms with Gasteiger partial charge < -0.3 is 9.84 Å². The summed E-state index contributed by atoms with van der Waals surface area (Å²) >= 11 is 12.8. The molecule has 35 heavy (non-hydrogen) atoms. The number of hydrogen-bond acceptors (Lipinski definition) is 3. The molecule has 3 aromatic rings. The minimum absolute atomic E-state index is 0.0859. The molecule has 0 saturated carbocycles. The lowest BCUT2D eigenvalue weighted by atomic mass is 9.78. The number of allylic oxidation sites excluding steroid dienone is 2. The normalized spacial score (nSPS) is 21.8. The smallest absolute Gasteiger partial charge is 0.415 e. The van der Waals surface area contributed by atoms with Crippen LogP contribution in [0.5, 0.6) is 0 Å². The number of nitrogens with zero attached hydrogens (tertiary/aromatic N) is 1. The Bertz CT molecular complexity index is 1360. The second-order valence-corrected chi connectivity index (χ2v) is 9.98. The second-order valence-electron chi connectivity index (χ2n) is 9.14. The van der Waals surface area contributed by atoms with Crippen LogP contribution in [0.3, 0.4) is 0 Å². The topological polar surface area (TPSA) is 66.8 Å². The van der Waals surface area contributed by atoms with Crippen molar-refractivity contribution in [1.29, 1.82) is 0 Å². The Balaban J connectivity index is 1.36. The van der Waals surface area contributed by atoms with Gasteiger partial charge in [0.2, 0.25) is 0 Å². The quantitative estimate of drug-likeness (QED) is 0.394. The monoisotopic (exact) mass is 505 g/mol. The number of halogens is 2. The summed E-state index contributed by atoms with van der Waals surface area (Å²) in [5.41, 5.74) is 5.50. The van der Waals surface area contributed by atoms with E-state index >= 15 is 0 Å². The van der Waals surface area contributed by atoms with E-state index in [0.717, 1.165) is 27.8 Å². The molecule has 7 heteroatoms. The summed E-state index contributed by atoms with van der Waals surface area (Å²) in [6.07, 6.45) is 3.74. The molecule has 0 spiro atoms. The molecule has 0 saturated heterocycles. The van der Waals surface area contributed by atoms with Gasteiger partial charge >= 0.3 is 12.1 Å². The Morgan fingerprint density at radius 1 is 0.971 bits per heavy atom. The van der Waals surface area contributed by atoms with E-state index in [-0.39, 0.29) is 29.4 Å². The van der Waals surface area contributed by atoms with Gasteiger partial charge in [0, 0.05) is 22.8 Å². The van der Waals surface area contributed by atoms with Gasteiger partial charge in [-0.3, -0.25) is 4.90 Å². The van der Waals surface area contributed by atoms with Gasteiger partial charge in [0.1, 0.15) is 12.6 Å². The summed E-state index contributed by atoms with van der Waals surface area (Å²) in [5.74, 6) is -1.73. The van der Waals surface area contributed by atoms with E-state index in [4.69, 9.17) is 27.9 Å². The van der Waals surface area contributed by atoms with Gasteiger partial charge in [-0.25, -0.2) is 9.59 Å². The standard InChI is InChI=1S/C28H21Cl2NO4/c29-15-12-22-20-10-5-11-21(20)26(27(32)33)31(25(22)24(30)13-15)28(34)35-14-23-18-8-3-1-6-16(18)17-7-2-4-9-19(17)23/h1-10,12-13,20-21,23,26H,11,14H2,(H,32,33)/t20-,21+,26-/m1/s1. The lowest BCUT2D eigenvalue weighted by molar-refractivity contribution is -0.140. The average Bonchev–Trinajstić information content (AvgIpc) is 3.45. The van der Waals surface area contributed by atoms with Crippen LogP contribution in [0.25, 0.3) is 11.1 Å². The highest BCUT2D eigenvalue weighted by Crippen LogP contribution is 2.51. The van der Waals surface area contributed by atoms with Crippen LogP contribution in [0.4, 0.5) is 10.5 Å². The van der Waals surface area contributed by atoms with Crippen LogP contribution in [0.2, 0.25) is 10.0 Å². The molecule has 0 bridgehead atoms. The fourth-order valence-electron chi connectivity index (χ4n) is 5.92. The first-order chi connectivity index (χ1) is 17.0. The molecular weight excluding hydrogens is 485 g/mol. The third-order valence-corrected chi connectivity index (χ3v) is 7.85. The van der Waals surface area contributed by atoms with Crippen LogP contribution in [0.1, 0.15) is 34.9 Å². The first kappa shape index (κ1) is 22.2. The SMILES string of the molecule is O=C(O)[C@H]1[C@H]2CC=C[C@H]2c2cc(Cl)cc(Cl)c2N1C(=O)OCC1c2ccccc2-c2ccccc21. The van der Waals surface area contributed by atoms with E-state index in [1.807, 2.05) is 48.6 Å². The molecule has 1 aliphatic heterocycles. The second kappa shape index (κ2) is 8.43. The molecule has 3 aromatic carbocycles. The van der Waals surface area contributed by atoms with E-state index in [1.165, 1.54) is 11.0 Å². The van der Waals surface area contributed by atoms with Gasteiger partial charge in [0.15, 0.2) is 0 Å². The van der Waals surface area contributed by atoms with E-state index in [2.05, 4.69) is 12.1 Å². The number of carboxylic acid groups (broad SMARTS) is 1. The molecule has 0 radical (unpaired) electrons. The zero-order valence-corrected chi connectivity index (χ0v) is 20.0. The van der Waals surface area contributed by atoms with Crippen LogP contribution in [0, 0.1) is 5.92 Å². The summed E-state index contributed by atoms with van der Waals surface area (Å²) in [6.45, 7) is 0.0859. The zero-order chi connectivity index (χ0) is 24.3. The van der Waals surface area contributed by atoms with Gasteiger partial charge in [-0.05, 0) is 46.4 Å². The molecule has 0 unspecified atom stereocenters. The lowest BCUT2D eigenvalue weighted by Gasteiger charge is -2.41. The van der Waals surface area contributed by atoms with Crippen LogP contribution < -0.4 is 4.90 Å². The lowest BCUT2D eigenvalue weighted by Crippen LogP contribution is -2.53. The van der Waals surface area contributed by atoms with Crippen LogP contribution in [-0.2, 0) is 9.53 Å². The maximum absolute atomic E-state index is 13.6. The van der Waals surface area contributed by atoms with Crippen molar-refractivity contribution in [2.75, 3.05) is 11.5 Å². The van der Waals surface area contributed by atoms with E-state index in [0.29, 0.717) is 17.1 Å². The Morgan fingerprint density at radius 2 is 1.63 bits per heavy atom. The highest BCUT2D eigenvalue weighted by atomic mass is 35.5. The van der Waals surface area contributed by atoms with Crippen molar-refractivity contribution in [2.45, 2.75) is 24.3 Å². The van der Waals surface area contributed by atoms with Crippen molar-refractivity contribution < 1.29 is 19.4 Å². The molecular formula is C28H21Cl2NO4. The zero-order valence-electron chi connectivity index (χ0n) is 18.5. The number of carbonyl (C=O) groups is 2. The van der Waals surface area contributed by atoms with Crippen molar-refractivity contribution in [3.8, 4) is 11.1 Å². The minimum atomic E-state index is -1.10. The van der Waals surface area contributed by atoms with E-state index < -0.39 is 18.1 Å². The largest absolute Gasteiger partial charge is 0.480 e. The Labute approximate surface area is 212 Å². The summed E-state index contributed by atoms with van der Waals surface area (Å²) in [4.78, 5) is 27.3. The number of amides is 1. The van der Waals surface area contributed by atoms with E-state index in [1.54, 1.807) is 6.07 Å². The number of carbonyl (C=O) groups excluding carboxylic acids is 1. The van der Waals surface area contributed by atoms with Gasteiger partial charge in [0.05, 0.1) is 10.7 Å². The Hall–Kier alpha value is -3.28. The van der Waals surface area contributed by atoms with Gasteiger partial charge in [0.25, 0.3) is 0 Å². The average molecular weight is 506 g/mol. The minimum Gasteiger partial charge on any atom is -0.480 e. The summed E-state index contributed by atoms with van der Waals surface area (Å²) in [6, 6.07) is 18.3. The van der Waals surface area contributed by atoms with Gasteiger partial charge in [-0.2, -0.15) is 0 Å². The van der Waals surface area contributed by atoms with Crippen LogP contribution in [-0.4, -0.2) is 29.8 Å². The fourth-order valence-corrected chi connectivity index (χ4v) is 6.52. The van der Waals surface area contributed by atoms with Gasteiger partial charge in [-0.15, -0.1) is 0 Å². The molecule has 1 heterocycles. The Kier molecular flexibility index (Phi) is 5.35. The maximum atomic E-state index is 13.6. The summed E-state index contributed by atoms with van der Waals surface area (Å²) in [5, 5.41) is 10.8. The van der Waals surface area contributed by atoms with E-state index in [9.17, 15) is 14.7 Å². The van der Waals surface area contributed by atoms with Crippen LogP contribution in [0.15, 0.2) is 72.8 Å². The molecule has 176 valence electrons. The predicted molar refractivity (Wildman–Crippen MR) is 135 cm³/mol. The van der Waals surface area contributed by atoms with Crippen molar-refractivity contribution in [3.63, 3.8) is 0 Å². The number of aliphatic carboxylic acids is 1. The first-order valence-electron chi connectivity index (χ1n) is 11.5. The van der Waals surface area contributed by atoms with Gasteiger partial charge in [-0.1, -0.05) is 83.9 Å². The fraction of sp³-hybridized carbons (Fsp3) is 0.214.